The number of hydrogen-bond acceptors (Lipinski definition) is 4. The van der Waals surface area contributed by atoms with Crippen molar-refractivity contribution in [3.63, 3.8) is 0 Å². The maximum absolute atomic E-state index is 14.6. The molecule has 0 aliphatic heterocycles. The zero-order valence-corrected chi connectivity index (χ0v) is 17.5. The van der Waals surface area contributed by atoms with E-state index in [0.29, 0.717) is 36.4 Å². The highest BCUT2D eigenvalue weighted by atomic mass is 19.3. The van der Waals surface area contributed by atoms with E-state index < -0.39 is 47.3 Å². The highest BCUT2D eigenvalue weighted by molar-refractivity contribution is 5.66. The lowest BCUT2D eigenvalue weighted by molar-refractivity contribution is -0.192. The van der Waals surface area contributed by atoms with Gasteiger partial charge in [0.2, 0.25) is 5.82 Å². The smallest absolute Gasteiger partial charge is 0.459 e. The third kappa shape index (κ3) is 6.03. The molecule has 0 atom stereocenters. The second-order valence-electron chi connectivity index (χ2n) is 6.98. The van der Waals surface area contributed by atoms with E-state index in [0.717, 1.165) is 18.6 Å². The molecule has 0 aliphatic carbocycles. The topological polar surface area (TPSA) is 44.2 Å². The number of allylic oxidation sites excluding steroid dienone is 1. The fraction of sp³-hybridized carbons (Fsp3) is 0.217. The van der Waals surface area contributed by atoms with E-state index in [1.807, 2.05) is 6.92 Å². The van der Waals surface area contributed by atoms with Crippen molar-refractivity contribution in [3.05, 3.63) is 83.9 Å². The molecule has 3 rings (SSSR count). The van der Waals surface area contributed by atoms with Gasteiger partial charge in [-0.05, 0) is 41.8 Å². The predicted molar refractivity (Wildman–Crippen MR) is 108 cm³/mol. The number of hydrogen-bond donors (Lipinski definition) is 0. The van der Waals surface area contributed by atoms with Crippen molar-refractivity contribution in [2.45, 2.75) is 32.3 Å². The molecular formula is C23H17F7N2O2. The summed E-state index contributed by atoms with van der Waals surface area (Å²) in [5.74, 6) is -6.15. The minimum absolute atomic E-state index is 0.269. The SMILES string of the molecule is CCCc1cnc(C(F)(F)Oc2ccc(-c3cc(F)c(O/C=C/C(F)F)c(F)c3)c(F)c2)nc1. The summed E-state index contributed by atoms with van der Waals surface area (Å²) in [7, 11) is 0. The predicted octanol–water partition coefficient (Wildman–Crippen LogP) is 6.80. The van der Waals surface area contributed by atoms with Crippen molar-refractivity contribution in [3.8, 4) is 22.6 Å². The zero-order valence-electron chi connectivity index (χ0n) is 17.5. The minimum Gasteiger partial charge on any atom is -0.459 e. The van der Waals surface area contributed by atoms with E-state index in [1.54, 1.807) is 0 Å². The van der Waals surface area contributed by atoms with E-state index in [1.165, 1.54) is 12.4 Å². The molecule has 2 aromatic carbocycles. The van der Waals surface area contributed by atoms with Gasteiger partial charge < -0.3 is 9.47 Å². The standard InChI is InChI=1S/C23H17F7N2O2/c1-2-3-13-11-31-22(32-12-13)23(29,30)34-15-4-5-16(17(24)10-15)14-8-18(25)21(19(26)9-14)33-7-6-20(27)28/h4-12,20H,2-3H2,1H3/b7-6+. The molecule has 3 aromatic rings. The summed E-state index contributed by atoms with van der Waals surface area (Å²) in [5, 5.41) is 0. The summed E-state index contributed by atoms with van der Waals surface area (Å²) in [5.41, 5.74) is 0.0486. The van der Waals surface area contributed by atoms with Gasteiger partial charge in [-0.15, -0.1) is 0 Å². The van der Waals surface area contributed by atoms with Crippen LogP contribution < -0.4 is 9.47 Å². The van der Waals surface area contributed by atoms with Crippen molar-refractivity contribution in [1.29, 1.82) is 0 Å². The number of rotatable bonds is 9. The van der Waals surface area contributed by atoms with Gasteiger partial charge in [0.1, 0.15) is 11.6 Å². The molecule has 0 unspecified atom stereocenters. The third-order valence-electron chi connectivity index (χ3n) is 4.41. The number of aryl methyl sites for hydroxylation is 1. The molecule has 11 heteroatoms. The molecule has 0 fully saturated rings. The Balaban J connectivity index is 1.80. The van der Waals surface area contributed by atoms with Crippen molar-refractivity contribution >= 4 is 0 Å². The normalized spacial score (nSPS) is 11.9. The van der Waals surface area contributed by atoms with Crippen LogP contribution in [0, 0.1) is 17.5 Å². The lowest BCUT2D eigenvalue weighted by Crippen LogP contribution is -2.25. The summed E-state index contributed by atoms with van der Waals surface area (Å²) < 4.78 is 105. The van der Waals surface area contributed by atoms with Crippen LogP contribution in [0.5, 0.6) is 11.5 Å². The van der Waals surface area contributed by atoms with Gasteiger partial charge in [-0.1, -0.05) is 13.3 Å². The molecule has 0 bridgehead atoms. The van der Waals surface area contributed by atoms with Gasteiger partial charge >= 0.3 is 6.11 Å². The van der Waals surface area contributed by atoms with Gasteiger partial charge in [0.05, 0.1) is 6.26 Å². The Morgan fingerprint density at radius 1 is 0.971 bits per heavy atom. The van der Waals surface area contributed by atoms with Gasteiger partial charge in [0.25, 0.3) is 6.43 Å². The average molecular weight is 486 g/mol. The molecular weight excluding hydrogens is 469 g/mol. The van der Waals surface area contributed by atoms with E-state index in [4.69, 9.17) is 0 Å². The highest BCUT2D eigenvalue weighted by Gasteiger charge is 2.38. The van der Waals surface area contributed by atoms with Crippen LogP contribution in [0.3, 0.4) is 0 Å². The number of nitrogens with zero attached hydrogens (tertiary/aromatic N) is 2. The van der Waals surface area contributed by atoms with Crippen LogP contribution in [0.1, 0.15) is 24.7 Å². The van der Waals surface area contributed by atoms with Crippen LogP contribution in [0.4, 0.5) is 30.7 Å². The van der Waals surface area contributed by atoms with Crippen LogP contribution in [0.2, 0.25) is 0 Å². The number of aromatic nitrogens is 2. The van der Waals surface area contributed by atoms with Crippen LogP contribution in [-0.2, 0) is 12.5 Å². The quantitative estimate of drug-likeness (QED) is 0.247. The largest absolute Gasteiger partial charge is 0.462 e. The molecule has 0 aliphatic rings. The van der Waals surface area contributed by atoms with Crippen molar-refractivity contribution in [1.82, 2.24) is 9.97 Å². The average Bonchev–Trinajstić information content (AvgIpc) is 2.76. The van der Waals surface area contributed by atoms with Gasteiger partial charge in [-0.25, -0.2) is 31.9 Å². The van der Waals surface area contributed by atoms with Gasteiger partial charge in [-0.2, -0.15) is 8.78 Å². The number of ether oxygens (including phenoxy) is 2. The maximum atomic E-state index is 14.6. The molecule has 0 saturated carbocycles. The molecule has 0 N–H and O–H groups in total. The van der Waals surface area contributed by atoms with Gasteiger partial charge in [-0.3, -0.25) is 0 Å². The lowest BCUT2D eigenvalue weighted by atomic mass is 10.0. The number of halogens is 7. The maximum Gasteiger partial charge on any atom is 0.462 e. The molecule has 0 saturated heterocycles. The Morgan fingerprint density at radius 3 is 2.18 bits per heavy atom. The van der Waals surface area contributed by atoms with Crippen molar-refractivity contribution in [2.24, 2.45) is 0 Å². The lowest BCUT2D eigenvalue weighted by Gasteiger charge is -2.17. The molecule has 1 aromatic heterocycles. The van der Waals surface area contributed by atoms with Crippen LogP contribution in [0.15, 0.2) is 55.1 Å². The highest BCUT2D eigenvalue weighted by Crippen LogP contribution is 2.34. The Labute approximate surface area is 189 Å². The molecule has 0 amide bonds. The van der Waals surface area contributed by atoms with E-state index >= 15 is 0 Å². The monoisotopic (exact) mass is 486 g/mol. The van der Waals surface area contributed by atoms with Crippen LogP contribution in [-0.4, -0.2) is 16.4 Å². The first-order valence-electron chi connectivity index (χ1n) is 9.89. The van der Waals surface area contributed by atoms with Crippen molar-refractivity contribution < 1.29 is 40.2 Å². The fourth-order valence-electron chi connectivity index (χ4n) is 2.90. The fourth-order valence-corrected chi connectivity index (χ4v) is 2.90. The molecule has 4 nitrogen and oxygen atoms in total. The van der Waals surface area contributed by atoms with E-state index in [9.17, 15) is 30.7 Å². The first-order chi connectivity index (χ1) is 16.1. The number of alkyl halides is 4. The van der Waals surface area contributed by atoms with E-state index in [2.05, 4.69) is 19.4 Å². The Bertz CT molecular complexity index is 1150. The summed E-state index contributed by atoms with van der Waals surface area (Å²) in [6.07, 6.45) is -2.30. The minimum atomic E-state index is -3.97. The van der Waals surface area contributed by atoms with Gasteiger partial charge in [0, 0.05) is 30.1 Å². The van der Waals surface area contributed by atoms with Gasteiger partial charge in [0.15, 0.2) is 17.4 Å². The molecule has 0 radical (unpaired) electrons. The summed E-state index contributed by atoms with van der Waals surface area (Å²) in [4.78, 5) is 7.18. The first-order valence-corrected chi connectivity index (χ1v) is 9.89. The summed E-state index contributed by atoms with van der Waals surface area (Å²) in [6, 6.07) is 3.97. The second kappa shape index (κ2) is 10.5. The van der Waals surface area contributed by atoms with Crippen LogP contribution in [0.25, 0.3) is 11.1 Å². The Morgan fingerprint density at radius 2 is 1.62 bits per heavy atom. The molecule has 34 heavy (non-hydrogen) atoms. The molecule has 0 spiro atoms. The summed E-state index contributed by atoms with van der Waals surface area (Å²) >= 11 is 0. The van der Waals surface area contributed by atoms with Crippen LogP contribution >= 0.6 is 0 Å². The second-order valence-corrected chi connectivity index (χ2v) is 6.98. The molecule has 180 valence electrons. The zero-order chi connectivity index (χ0) is 24.9. The van der Waals surface area contributed by atoms with Crippen molar-refractivity contribution in [2.75, 3.05) is 0 Å². The molecule has 1 heterocycles. The Hall–Kier alpha value is -3.63. The third-order valence-corrected chi connectivity index (χ3v) is 4.41. The first kappa shape index (κ1) is 25.0. The van der Waals surface area contributed by atoms with E-state index in [-0.39, 0.29) is 17.2 Å². The number of benzene rings is 2. The summed E-state index contributed by atoms with van der Waals surface area (Å²) in [6.45, 7) is 1.91. The Kier molecular flexibility index (Phi) is 7.75.